The topological polar surface area (TPSA) is 93.7 Å². The molecule has 2 rings (SSSR count). The highest BCUT2D eigenvalue weighted by Gasteiger charge is 2.23. The van der Waals surface area contributed by atoms with Crippen LogP contribution in [-0.2, 0) is 14.6 Å². The van der Waals surface area contributed by atoms with Gasteiger partial charge in [0, 0.05) is 23.8 Å². The summed E-state index contributed by atoms with van der Waals surface area (Å²) >= 11 is 1.92. The summed E-state index contributed by atoms with van der Waals surface area (Å²) in [5.41, 5.74) is 0.312. The van der Waals surface area contributed by atoms with Crippen LogP contribution in [0.5, 0.6) is 11.5 Å². The van der Waals surface area contributed by atoms with Crippen LogP contribution in [0.2, 0.25) is 0 Å². The second kappa shape index (κ2) is 10.8. The molecule has 1 fully saturated rings. The third kappa shape index (κ3) is 6.48. The molecule has 2 N–H and O–H groups in total. The lowest BCUT2D eigenvalue weighted by Crippen LogP contribution is -2.32. The van der Waals surface area contributed by atoms with Crippen molar-refractivity contribution in [1.82, 2.24) is 5.32 Å². The minimum absolute atomic E-state index is 0.0185. The average molecular weight is 431 g/mol. The van der Waals surface area contributed by atoms with Crippen molar-refractivity contribution >= 4 is 33.2 Å². The fourth-order valence-corrected chi connectivity index (χ4v) is 5.57. The number of methoxy groups -OCH3 is 2. The van der Waals surface area contributed by atoms with Gasteiger partial charge in [0.15, 0.2) is 21.3 Å². The Balaban J connectivity index is 1.89. The Bertz CT molecular complexity index is 762. The van der Waals surface area contributed by atoms with Gasteiger partial charge in [-0.2, -0.15) is 11.8 Å². The van der Waals surface area contributed by atoms with Gasteiger partial charge in [-0.15, -0.1) is 0 Å². The average Bonchev–Trinajstić information content (AvgIpc) is 2.68. The minimum Gasteiger partial charge on any atom is -0.493 e. The van der Waals surface area contributed by atoms with Gasteiger partial charge in [-0.25, -0.2) is 8.42 Å². The van der Waals surface area contributed by atoms with Gasteiger partial charge in [0.1, 0.15) is 4.90 Å². The Morgan fingerprint density at radius 2 is 1.89 bits per heavy atom. The first kappa shape index (κ1) is 22.7. The van der Waals surface area contributed by atoms with Crippen molar-refractivity contribution in [1.29, 1.82) is 0 Å². The number of amides is 1. The number of carbonyl (C=O) groups is 1. The molecule has 0 heterocycles. The van der Waals surface area contributed by atoms with Gasteiger partial charge >= 0.3 is 0 Å². The molecule has 7 nitrogen and oxygen atoms in total. The molecule has 0 aliphatic heterocycles. The van der Waals surface area contributed by atoms with Crippen LogP contribution in [-0.4, -0.2) is 58.9 Å². The van der Waals surface area contributed by atoms with Gasteiger partial charge in [0.2, 0.25) is 5.91 Å². The first-order valence-corrected chi connectivity index (χ1v) is 12.4. The zero-order valence-electron chi connectivity index (χ0n) is 16.7. The molecule has 158 valence electrons. The number of thioether (sulfide) groups is 1. The Hall–Kier alpha value is -1.61. The third-order valence-electron chi connectivity index (χ3n) is 4.64. The molecule has 28 heavy (non-hydrogen) atoms. The van der Waals surface area contributed by atoms with E-state index in [4.69, 9.17) is 9.47 Å². The van der Waals surface area contributed by atoms with E-state index in [1.165, 1.54) is 46.3 Å². The smallest absolute Gasteiger partial charge is 0.239 e. The van der Waals surface area contributed by atoms with Crippen molar-refractivity contribution in [2.24, 2.45) is 0 Å². The maximum Gasteiger partial charge on any atom is 0.239 e. The number of sulfone groups is 1. The molecule has 1 aliphatic rings. The lowest BCUT2D eigenvalue weighted by molar-refractivity contribution is -0.119. The number of carbonyl (C=O) groups excluding carboxylic acids is 1. The molecule has 1 aromatic rings. The standard InChI is InChI=1S/C19H30N2O5S2/c1-25-16-10-9-15(19(18(16)26-2)28(3,23)24)21-13-17(22)20-11-12-27-14-7-5-4-6-8-14/h9-10,14,21H,4-8,11-13H2,1-3H3,(H,20,22). The zero-order valence-corrected chi connectivity index (χ0v) is 18.4. The van der Waals surface area contributed by atoms with Crippen molar-refractivity contribution in [3.63, 3.8) is 0 Å². The number of nitrogens with one attached hydrogen (secondary N) is 2. The molecule has 1 aliphatic carbocycles. The summed E-state index contributed by atoms with van der Waals surface area (Å²) in [5.74, 6) is 1.15. The van der Waals surface area contributed by atoms with Crippen molar-refractivity contribution in [3.05, 3.63) is 12.1 Å². The van der Waals surface area contributed by atoms with Crippen LogP contribution in [0, 0.1) is 0 Å². The Morgan fingerprint density at radius 3 is 2.50 bits per heavy atom. The predicted octanol–water partition coefficient (Wildman–Crippen LogP) is 2.70. The monoisotopic (exact) mass is 430 g/mol. The molecule has 1 amide bonds. The molecule has 0 bridgehead atoms. The largest absolute Gasteiger partial charge is 0.493 e. The maximum absolute atomic E-state index is 12.2. The lowest BCUT2D eigenvalue weighted by Gasteiger charge is -2.21. The Morgan fingerprint density at radius 1 is 1.18 bits per heavy atom. The van der Waals surface area contributed by atoms with Crippen LogP contribution >= 0.6 is 11.8 Å². The van der Waals surface area contributed by atoms with E-state index in [0.29, 0.717) is 23.2 Å². The third-order valence-corrected chi connectivity index (χ3v) is 7.17. The van der Waals surface area contributed by atoms with E-state index in [9.17, 15) is 13.2 Å². The van der Waals surface area contributed by atoms with Gasteiger partial charge in [0.25, 0.3) is 0 Å². The number of hydrogen-bond acceptors (Lipinski definition) is 7. The minimum atomic E-state index is -3.59. The molecule has 1 aromatic carbocycles. The van der Waals surface area contributed by atoms with Gasteiger partial charge < -0.3 is 20.1 Å². The number of hydrogen-bond donors (Lipinski definition) is 2. The molecule has 9 heteroatoms. The number of ether oxygens (including phenoxy) is 2. The Kier molecular flexibility index (Phi) is 8.75. The van der Waals surface area contributed by atoms with Gasteiger partial charge in [-0.1, -0.05) is 19.3 Å². The van der Waals surface area contributed by atoms with Crippen molar-refractivity contribution in [2.45, 2.75) is 42.2 Å². The Labute approximate surface area is 171 Å². The molecule has 0 atom stereocenters. The second-order valence-electron chi connectivity index (χ2n) is 6.78. The number of benzene rings is 1. The van der Waals surface area contributed by atoms with Gasteiger partial charge in [-0.05, 0) is 25.0 Å². The van der Waals surface area contributed by atoms with Crippen LogP contribution in [0.1, 0.15) is 32.1 Å². The molecule has 0 unspecified atom stereocenters. The maximum atomic E-state index is 12.2. The van der Waals surface area contributed by atoms with E-state index in [0.717, 1.165) is 12.0 Å². The normalized spacial score (nSPS) is 15.1. The van der Waals surface area contributed by atoms with E-state index in [1.54, 1.807) is 12.1 Å². The van der Waals surface area contributed by atoms with Gasteiger partial charge in [-0.3, -0.25) is 4.79 Å². The first-order valence-electron chi connectivity index (χ1n) is 9.44. The summed E-state index contributed by atoms with van der Waals surface area (Å²) in [6.07, 6.45) is 7.59. The van der Waals surface area contributed by atoms with Crippen LogP contribution in [0.15, 0.2) is 17.0 Å². The number of rotatable bonds is 10. The quantitative estimate of drug-likeness (QED) is 0.551. The summed E-state index contributed by atoms with van der Waals surface area (Å²) in [6, 6.07) is 3.18. The zero-order chi connectivity index (χ0) is 20.6. The summed E-state index contributed by atoms with van der Waals surface area (Å²) < 4.78 is 34.9. The van der Waals surface area contributed by atoms with Crippen LogP contribution in [0.25, 0.3) is 0 Å². The fourth-order valence-electron chi connectivity index (χ4n) is 3.29. The second-order valence-corrected chi connectivity index (χ2v) is 10.1. The van der Waals surface area contributed by atoms with E-state index >= 15 is 0 Å². The molecule has 0 saturated heterocycles. The van der Waals surface area contributed by atoms with Crippen molar-refractivity contribution in [3.8, 4) is 11.5 Å². The summed E-state index contributed by atoms with van der Waals surface area (Å²) in [4.78, 5) is 12.1. The molecule has 1 saturated carbocycles. The van der Waals surface area contributed by atoms with E-state index in [-0.39, 0.29) is 23.1 Å². The van der Waals surface area contributed by atoms with E-state index in [1.807, 2.05) is 11.8 Å². The van der Waals surface area contributed by atoms with Crippen LogP contribution < -0.4 is 20.1 Å². The number of anilines is 1. The summed E-state index contributed by atoms with van der Waals surface area (Å²) in [6.45, 7) is 0.582. The summed E-state index contributed by atoms with van der Waals surface area (Å²) in [5, 5.41) is 6.49. The van der Waals surface area contributed by atoms with Crippen LogP contribution in [0.3, 0.4) is 0 Å². The van der Waals surface area contributed by atoms with E-state index < -0.39 is 9.84 Å². The fraction of sp³-hybridized carbons (Fsp3) is 0.632. The van der Waals surface area contributed by atoms with Crippen molar-refractivity contribution < 1.29 is 22.7 Å². The molecule has 0 radical (unpaired) electrons. The lowest BCUT2D eigenvalue weighted by atomic mass is 10.0. The van der Waals surface area contributed by atoms with Gasteiger partial charge in [0.05, 0.1) is 26.5 Å². The highest BCUT2D eigenvalue weighted by Crippen LogP contribution is 2.39. The van der Waals surface area contributed by atoms with E-state index in [2.05, 4.69) is 10.6 Å². The molecule has 0 aromatic heterocycles. The molecule has 0 spiro atoms. The highest BCUT2D eigenvalue weighted by atomic mass is 32.2. The summed E-state index contributed by atoms with van der Waals surface area (Å²) in [7, 11) is -0.770. The van der Waals surface area contributed by atoms with Crippen LogP contribution in [0.4, 0.5) is 5.69 Å². The first-order chi connectivity index (χ1) is 13.4. The van der Waals surface area contributed by atoms with Crippen molar-refractivity contribution in [2.75, 3.05) is 44.6 Å². The molecular formula is C19H30N2O5S2. The highest BCUT2D eigenvalue weighted by molar-refractivity contribution is 7.99. The molecular weight excluding hydrogens is 400 g/mol. The predicted molar refractivity (Wildman–Crippen MR) is 113 cm³/mol. The SMILES string of the molecule is COc1ccc(NCC(=O)NCCSC2CCCCC2)c(S(C)(=O)=O)c1OC.